The minimum absolute atomic E-state index is 0.00228. The summed E-state index contributed by atoms with van der Waals surface area (Å²) in [5.41, 5.74) is 6.37. The van der Waals surface area contributed by atoms with Crippen LogP contribution < -0.4 is 5.73 Å². The van der Waals surface area contributed by atoms with Gasteiger partial charge in [0.25, 0.3) is 10.0 Å². The highest BCUT2D eigenvalue weighted by Crippen LogP contribution is 2.26. The fourth-order valence-corrected chi connectivity index (χ4v) is 4.92. The van der Waals surface area contributed by atoms with Gasteiger partial charge in [0, 0.05) is 26.7 Å². The van der Waals surface area contributed by atoms with E-state index in [9.17, 15) is 8.42 Å². The second kappa shape index (κ2) is 5.66. The maximum absolute atomic E-state index is 12.4. The molecule has 1 fully saturated rings. The molecule has 18 heavy (non-hydrogen) atoms. The summed E-state index contributed by atoms with van der Waals surface area (Å²) in [4.78, 5) is 0. The van der Waals surface area contributed by atoms with Crippen LogP contribution in [0.15, 0.2) is 15.7 Å². The van der Waals surface area contributed by atoms with E-state index in [4.69, 9.17) is 10.5 Å². The van der Waals surface area contributed by atoms with Crippen LogP contribution in [0.4, 0.5) is 0 Å². The first-order valence-corrected chi connectivity index (χ1v) is 8.20. The van der Waals surface area contributed by atoms with Gasteiger partial charge in [-0.2, -0.15) is 4.31 Å². The molecule has 1 saturated heterocycles. The number of nitrogens with two attached hydrogens (primary N) is 1. The van der Waals surface area contributed by atoms with Gasteiger partial charge in [-0.1, -0.05) is 0 Å². The number of nitrogens with zero attached hydrogens (tertiary/aromatic N) is 1. The maximum atomic E-state index is 12.4. The topological polar surface area (TPSA) is 72.6 Å². The van der Waals surface area contributed by atoms with Gasteiger partial charge in [0.2, 0.25) is 0 Å². The van der Waals surface area contributed by atoms with Crippen LogP contribution in [0.1, 0.15) is 18.4 Å². The lowest BCUT2D eigenvalue weighted by molar-refractivity contribution is 0.0572. The van der Waals surface area contributed by atoms with Crippen molar-refractivity contribution >= 4 is 21.4 Å². The number of sulfonamides is 1. The predicted molar refractivity (Wildman–Crippen MR) is 71.0 cm³/mol. The average molecular weight is 290 g/mol. The molecule has 0 saturated carbocycles. The molecule has 1 aromatic rings. The van der Waals surface area contributed by atoms with Crippen molar-refractivity contribution in [3.63, 3.8) is 0 Å². The normalized spacial score (nSPS) is 22.2. The summed E-state index contributed by atoms with van der Waals surface area (Å²) in [6, 6.07) is 1.66. The monoisotopic (exact) mass is 290 g/mol. The first-order chi connectivity index (χ1) is 8.57. The van der Waals surface area contributed by atoms with Crippen molar-refractivity contribution in [3.05, 3.63) is 17.0 Å². The van der Waals surface area contributed by atoms with Gasteiger partial charge in [-0.25, -0.2) is 8.42 Å². The first kappa shape index (κ1) is 14.0. The molecule has 7 heteroatoms. The Balaban J connectivity index is 2.19. The van der Waals surface area contributed by atoms with Gasteiger partial charge in [-0.3, -0.25) is 0 Å². The number of ether oxygens (including phenoxy) is 1. The van der Waals surface area contributed by atoms with E-state index in [0.29, 0.717) is 23.8 Å². The Morgan fingerprint density at radius 1 is 1.61 bits per heavy atom. The average Bonchev–Trinajstić information content (AvgIpc) is 2.88. The highest BCUT2D eigenvalue weighted by atomic mass is 32.2. The lowest BCUT2D eigenvalue weighted by atomic mass is 10.1. The summed E-state index contributed by atoms with van der Waals surface area (Å²) >= 11 is 1.23. The molecule has 0 radical (unpaired) electrons. The molecule has 0 aliphatic carbocycles. The van der Waals surface area contributed by atoms with Crippen LogP contribution in [-0.4, -0.2) is 39.0 Å². The molecule has 1 unspecified atom stereocenters. The third kappa shape index (κ3) is 2.75. The van der Waals surface area contributed by atoms with Crippen LogP contribution in [-0.2, 0) is 21.3 Å². The Hall–Kier alpha value is -0.470. The minimum atomic E-state index is -3.38. The van der Waals surface area contributed by atoms with Gasteiger partial charge < -0.3 is 10.5 Å². The second-order valence-electron chi connectivity index (χ2n) is 4.34. The van der Waals surface area contributed by atoms with Crippen molar-refractivity contribution in [3.8, 4) is 0 Å². The second-order valence-corrected chi connectivity index (χ2v) is 7.42. The molecule has 2 rings (SSSR count). The van der Waals surface area contributed by atoms with Gasteiger partial charge in [-0.15, -0.1) is 11.3 Å². The molecule has 2 N–H and O–H groups in total. The zero-order chi connectivity index (χ0) is 13.2. The van der Waals surface area contributed by atoms with Crippen molar-refractivity contribution in [2.24, 2.45) is 5.73 Å². The fraction of sp³-hybridized carbons (Fsp3) is 0.636. The minimum Gasteiger partial charge on any atom is -0.380 e. The van der Waals surface area contributed by atoms with Crippen LogP contribution in [0.25, 0.3) is 0 Å². The van der Waals surface area contributed by atoms with Crippen LogP contribution in [0.2, 0.25) is 0 Å². The van der Waals surface area contributed by atoms with Crippen molar-refractivity contribution in [1.82, 2.24) is 4.31 Å². The molecular weight excluding hydrogens is 272 g/mol. The lowest BCUT2D eigenvalue weighted by Gasteiger charge is -2.30. The number of rotatable bonds is 4. The third-order valence-electron chi connectivity index (χ3n) is 3.13. The third-order valence-corrected chi connectivity index (χ3v) is 6.46. The molecule has 1 aliphatic rings. The van der Waals surface area contributed by atoms with Gasteiger partial charge in [0.05, 0.1) is 6.10 Å². The van der Waals surface area contributed by atoms with Crippen LogP contribution in [0.5, 0.6) is 0 Å². The van der Waals surface area contributed by atoms with Crippen molar-refractivity contribution in [1.29, 1.82) is 0 Å². The van der Waals surface area contributed by atoms with Gasteiger partial charge in [0.1, 0.15) is 4.21 Å². The molecule has 1 atom stereocenters. The molecule has 1 aliphatic heterocycles. The summed E-state index contributed by atoms with van der Waals surface area (Å²) in [6.07, 6.45) is 1.76. The van der Waals surface area contributed by atoms with Crippen LogP contribution >= 0.6 is 11.3 Å². The summed E-state index contributed by atoms with van der Waals surface area (Å²) in [6.45, 7) is 1.37. The molecule has 0 bridgehead atoms. The zero-order valence-corrected chi connectivity index (χ0v) is 12.0. The van der Waals surface area contributed by atoms with E-state index in [1.54, 1.807) is 18.6 Å². The Bertz CT molecular complexity index is 498. The fourth-order valence-electron chi connectivity index (χ4n) is 2.04. The molecule has 2 heterocycles. The van der Waals surface area contributed by atoms with Gasteiger partial charge in [-0.05, 0) is 29.9 Å². The zero-order valence-electron chi connectivity index (χ0n) is 10.3. The molecule has 1 aromatic heterocycles. The molecular formula is C11H18N2O3S2. The van der Waals surface area contributed by atoms with E-state index >= 15 is 0 Å². The smallest absolute Gasteiger partial charge is 0.252 e. The van der Waals surface area contributed by atoms with Gasteiger partial charge in [0.15, 0.2) is 0 Å². The number of hydrogen-bond donors (Lipinski definition) is 1. The predicted octanol–water partition coefficient (Wildman–Crippen LogP) is 1.01. The van der Waals surface area contributed by atoms with E-state index in [1.807, 2.05) is 0 Å². The summed E-state index contributed by atoms with van der Waals surface area (Å²) in [5.74, 6) is 0. The molecule has 0 aromatic carbocycles. The van der Waals surface area contributed by atoms with E-state index in [0.717, 1.165) is 18.4 Å². The van der Waals surface area contributed by atoms with Crippen LogP contribution in [0.3, 0.4) is 0 Å². The first-order valence-electron chi connectivity index (χ1n) is 5.88. The Morgan fingerprint density at radius 2 is 2.39 bits per heavy atom. The van der Waals surface area contributed by atoms with E-state index in [-0.39, 0.29) is 6.10 Å². The van der Waals surface area contributed by atoms with Crippen molar-refractivity contribution in [2.75, 3.05) is 20.2 Å². The van der Waals surface area contributed by atoms with Crippen molar-refractivity contribution < 1.29 is 13.2 Å². The van der Waals surface area contributed by atoms with E-state index in [2.05, 4.69) is 0 Å². The number of piperidine rings is 1. The SMILES string of the molecule is COC1CCCN(S(=O)(=O)c2cc(CN)cs2)C1. The summed E-state index contributed by atoms with van der Waals surface area (Å²) in [5, 5.41) is 1.80. The van der Waals surface area contributed by atoms with Crippen LogP contribution in [0, 0.1) is 0 Å². The van der Waals surface area contributed by atoms with E-state index < -0.39 is 10.0 Å². The standard InChI is InChI=1S/C11H18N2O3S2/c1-16-10-3-2-4-13(7-10)18(14,15)11-5-9(6-12)8-17-11/h5,8,10H,2-4,6-7,12H2,1H3. The highest BCUT2D eigenvalue weighted by Gasteiger charge is 2.31. The van der Waals surface area contributed by atoms with Gasteiger partial charge >= 0.3 is 0 Å². The number of hydrogen-bond acceptors (Lipinski definition) is 5. The maximum Gasteiger partial charge on any atom is 0.252 e. The number of thiophene rings is 1. The Kier molecular flexibility index (Phi) is 4.39. The molecule has 0 amide bonds. The van der Waals surface area contributed by atoms with Crippen molar-refractivity contribution in [2.45, 2.75) is 29.7 Å². The highest BCUT2D eigenvalue weighted by molar-refractivity contribution is 7.91. The summed E-state index contributed by atoms with van der Waals surface area (Å²) in [7, 11) is -1.75. The van der Waals surface area contributed by atoms with E-state index in [1.165, 1.54) is 15.6 Å². The Morgan fingerprint density at radius 3 is 3.00 bits per heavy atom. The Labute approximate surface area is 112 Å². The number of methoxy groups -OCH3 is 1. The summed E-state index contributed by atoms with van der Waals surface area (Å²) < 4.78 is 32.0. The molecule has 102 valence electrons. The molecule has 5 nitrogen and oxygen atoms in total. The largest absolute Gasteiger partial charge is 0.380 e. The lowest BCUT2D eigenvalue weighted by Crippen LogP contribution is -2.42. The quantitative estimate of drug-likeness (QED) is 0.898. The molecule has 0 spiro atoms.